The zero-order chi connectivity index (χ0) is 16.0. The molecule has 2 aromatic rings. The minimum Gasteiger partial charge on any atom is -0.371 e. The molecule has 1 atom stereocenters. The summed E-state index contributed by atoms with van der Waals surface area (Å²) in [5, 5.41) is 3.60. The Morgan fingerprint density at radius 3 is 2.91 bits per heavy atom. The largest absolute Gasteiger partial charge is 0.371 e. The predicted octanol–water partition coefficient (Wildman–Crippen LogP) is 1.65. The topological polar surface area (TPSA) is 73.2 Å². The van der Waals surface area contributed by atoms with Gasteiger partial charge in [0.15, 0.2) is 9.84 Å². The highest BCUT2D eigenvalue weighted by molar-refractivity contribution is 7.90. The second-order valence-corrected chi connectivity index (χ2v) is 8.54. The molecule has 0 radical (unpaired) electrons. The van der Waals surface area contributed by atoms with Gasteiger partial charge in [-0.3, -0.25) is 0 Å². The number of nitrogens with one attached hydrogen (secondary N) is 1. The van der Waals surface area contributed by atoms with Crippen LogP contribution in [0.5, 0.6) is 0 Å². The summed E-state index contributed by atoms with van der Waals surface area (Å²) in [5.74, 6) is 0.873. The third-order valence-electron chi connectivity index (χ3n) is 4.82. The molecule has 1 aliphatic heterocycles. The standard InChI is InChI=1S/C16H21N3O3S/c1-23(20,21)13-5-6-15-14(7-13)18-16-10-22-9-12(19(15)16)8-17-11-3-2-4-11/h5-7,11-12,17H,2-4,8-10H2,1H3. The van der Waals surface area contributed by atoms with Crippen LogP contribution in [0.3, 0.4) is 0 Å². The van der Waals surface area contributed by atoms with Crippen molar-refractivity contribution in [2.75, 3.05) is 19.4 Å². The Kier molecular flexibility index (Phi) is 3.66. The first-order valence-corrected chi connectivity index (χ1v) is 9.93. The number of ether oxygens (including phenoxy) is 1. The summed E-state index contributed by atoms with van der Waals surface area (Å²) in [6, 6.07) is 6.02. The highest BCUT2D eigenvalue weighted by Gasteiger charge is 2.26. The number of hydrogen-bond acceptors (Lipinski definition) is 5. The van der Waals surface area contributed by atoms with Crippen LogP contribution in [0, 0.1) is 0 Å². The summed E-state index contributed by atoms with van der Waals surface area (Å²) in [6.07, 6.45) is 5.04. The van der Waals surface area contributed by atoms with Crippen molar-refractivity contribution in [3.8, 4) is 0 Å². The van der Waals surface area contributed by atoms with Gasteiger partial charge in [-0.05, 0) is 31.0 Å². The Hall–Kier alpha value is -1.44. The van der Waals surface area contributed by atoms with Gasteiger partial charge in [0.05, 0.1) is 28.6 Å². The van der Waals surface area contributed by atoms with Crippen LogP contribution < -0.4 is 5.32 Å². The van der Waals surface area contributed by atoms with Crippen molar-refractivity contribution in [2.24, 2.45) is 0 Å². The van der Waals surface area contributed by atoms with E-state index in [0.29, 0.717) is 24.2 Å². The molecule has 0 amide bonds. The number of fused-ring (bicyclic) bond motifs is 3. The van der Waals surface area contributed by atoms with Crippen LogP contribution in [0.25, 0.3) is 11.0 Å². The van der Waals surface area contributed by atoms with E-state index in [0.717, 1.165) is 23.4 Å². The Morgan fingerprint density at radius 1 is 1.39 bits per heavy atom. The molecule has 6 nitrogen and oxygen atoms in total. The molecule has 1 aliphatic carbocycles. The second kappa shape index (κ2) is 5.58. The molecule has 2 heterocycles. The van der Waals surface area contributed by atoms with Gasteiger partial charge in [-0.1, -0.05) is 6.42 Å². The van der Waals surface area contributed by atoms with E-state index >= 15 is 0 Å². The van der Waals surface area contributed by atoms with Crippen LogP contribution in [-0.2, 0) is 21.2 Å². The first-order valence-electron chi connectivity index (χ1n) is 8.04. The Balaban J connectivity index is 1.69. The van der Waals surface area contributed by atoms with Gasteiger partial charge in [-0.2, -0.15) is 0 Å². The van der Waals surface area contributed by atoms with Crippen LogP contribution in [0.15, 0.2) is 23.1 Å². The molecular formula is C16H21N3O3S. The van der Waals surface area contributed by atoms with Crippen LogP contribution >= 0.6 is 0 Å². The van der Waals surface area contributed by atoms with Gasteiger partial charge in [0.2, 0.25) is 0 Å². The molecule has 7 heteroatoms. The number of imidazole rings is 1. The molecule has 1 unspecified atom stereocenters. The van der Waals surface area contributed by atoms with Crippen LogP contribution in [0.2, 0.25) is 0 Å². The fraction of sp³-hybridized carbons (Fsp3) is 0.562. The molecular weight excluding hydrogens is 314 g/mol. The van der Waals surface area contributed by atoms with Crippen molar-refractivity contribution in [3.05, 3.63) is 24.0 Å². The van der Waals surface area contributed by atoms with E-state index in [2.05, 4.69) is 14.9 Å². The van der Waals surface area contributed by atoms with Crippen molar-refractivity contribution in [2.45, 2.75) is 42.8 Å². The molecule has 1 aromatic carbocycles. The van der Waals surface area contributed by atoms with Crippen LogP contribution in [-0.4, -0.2) is 43.4 Å². The Morgan fingerprint density at radius 2 is 2.22 bits per heavy atom. The second-order valence-electron chi connectivity index (χ2n) is 6.53. The quantitative estimate of drug-likeness (QED) is 0.920. The number of hydrogen-bond donors (Lipinski definition) is 1. The molecule has 0 spiro atoms. The number of sulfone groups is 1. The smallest absolute Gasteiger partial charge is 0.175 e. The van der Waals surface area contributed by atoms with E-state index in [1.807, 2.05) is 6.07 Å². The number of aromatic nitrogens is 2. The lowest BCUT2D eigenvalue weighted by Crippen LogP contribution is -2.41. The Bertz CT molecular complexity index is 840. The summed E-state index contributed by atoms with van der Waals surface area (Å²) in [6.45, 7) is 1.99. The maximum atomic E-state index is 11.7. The van der Waals surface area contributed by atoms with Gasteiger partial charge in [-0.25, -0.2) is 13.4 Å². The highest BCUT2D eigenvalue weighted by atomic mass is 32.2. The highest BCUT2D eigenvalue weighted by Crippen LogP contribution is 2.28. The van der Waals surface area contributed by atoms with Crippen molar-refractivity contribution >= 4 is 20.9 Å². The lowest BCUT2D eigenvalue weighted by molar-refractivity contribution is 0.0546. The lowest BCUT2D eigenvalue weighted by Gasteiger charge is -2.31. The first-order chi connectivity index (χ1) is 11.0. The van der Waals surface area contributed by atoms with Gasteiger partial charge < -0.3 is 14.6 Å². The summed E-state index contributed by atoms with van der Waals surface area (Å²) < 4.78 is 31.3. The van der Waals surface area contributed by atoms with Crippen molar-refractivity contribution in [1.82, 2.24) is 14.9 Å². The van der Waals surface area contributed by atoms with Gasteiger partial charge in [0.1, 0.15) is 12.4 Å². The van der Waals surface area contributed by atoms with E-state index < -0.39 is 9.84 Å². The molecule has 1 fully saturated rings. The van der Waals surface area contributed by atoms with E-state index in [-0.39, 0.29) is 6.04 Å². The third kappa shape index (κ3) is 2.77. The summed E-state index contributed by atoms with van der Waals surface area (Å²) in [7, 11) is -3.22. The van der Waals surface area contributed by atoms with E-state index in [9.17, 15) is 8.42 Å². The monoisotopic (exact) mass is 335 g/mol. The zero-order valence-corrected chi connectivity index (χ0v) is 14.0. The van der Waals surface area contributed by atoms with Gasteiger partial charge >= 0.3 is 0 Å². The number of benzene rings is 1. The van der Waals surface area contributed by atoms with E-state index in [1.54, 1.807) is 12.1 Å². The van der Waals surface area contributed by atoms with Gasteiger partial charge in [-0.15, -0.1) is 0 Å². The van der Waals surface area contributed by atoms with Gasteiger partial charge in [0.25, 0.3) is 0 Å². The van der Waals surface area contributed by atoms with Gasteiger partial charge in [0, 0.05) is 18.8 Å². The molecule has 4 rings (SSSR count). The fourth-order valence-corrected chi connectivity index (χ4v) is 3.94. The SMILES string of the molecule is CS(=O)(=O)c1ccc2c(c1)nc1n2C(CNC2CCC2)COC1. The summed E-state index contributed by atoms with van der Waals surface area (Å²) in [5.41, 5.74) is 1.71. The Labute approximate surface area is 135 Å². The van der Waals surface area contributed by atoms with Crippen LogP contribution in [0.4, 0.5) is 0 Å². The van der Waals surface area contributed by atoms with E-state index in [1.165, 1.54) is 25.5 Å². The fourth-order valence-electron chi connectivity index (χ4n) is 3.29. The maximum absolute atomic E-state index is 11.7. The zero-order valence-electron chi connectivity index (χ0n) is 13.2. The van der Waals surface area contributed by atoms with Crippen LogP contribution in [0.1, 0.15) is 31.1 Å². The summed E-state index contributed by atoms with van der Waals surface area (Å²) >= 11 is 0. The van der Waals surface area contributed by atoms with Crippen molar-refractivity contribution < 1.29 is 13.2 Å². The number of rotatable bonds is 4. The molecule has 124 valence electrons. The maximum Gasteiger partial charge on any atom is 0.175 e. The first kappa shape index (κ1) is 15.1. The molecule has 1 aromatic heterocycles. The summed E-state index contributed by atoms with van der Waals surface area (Å²) in [4.78, 5) is 4.90. The number of nitrogens with zero attached hydrogens (tertiary/aromatic N) is 2. The molecule has 1 N–H and O–H groups in total. The molecule has 1 saturated carbocycles. The van der Waals surface area contributed by atoms with E-state index in [4.69, 9.17) is 4.74 Å². The van der Waals surface area contributed by atoms with Crippen molar-refractivity contribution in [3.63, 3.8) is 0 Å². The average Bonchev–Trinajstić information content (AvgIpc) is 2.83. The van der Waals surface area contributed by atoms with Crippen molar-refractivity contribution in [1.29, 1.82) is 0 Å². The minimum atomic E-state index is -3.22. The average molecular weight is 335 g/mol. The lowest BCUT2D eigenvalue weighted by atomic mass is 9.93. The molecule has 0 saturated heterocycles. The molecule has 0 bridgehead atoms. The molecule has 2 aliphatic rings. The minimum absolute atomic E-state index is 0.202. The third-order valence-corrected chi connectivity index (χ3v) is 5.93. The predicted molar refractivity (Wildman–Crippen MR) is 87.2 cm³/mol. The molecule has 23 heavy (non-hydrogen) atoms. The normalized spacial score (nSPS) is 22.0.